The first-order valence-electron chi connectivity index (χ1n) is 7.87. The van der Waals surface area contributed by atoms with Crippen LogP contribution in [0.3, 0.4) is 0 Å². The maximum atomic E-state index is 12.8. The summed E-state index contributed by atoms with van der Waals surface area (Å²) in [5.74, 6) is -2.06. The fourth-order valence-electron chi connectivity index (χ4n) is 1.97. The van der Waals surface area contributed by atoms with E-state index in [4.69, 9.17) is 0 Å². The molecule has 0 aliphatic carbocycles. The van der Waals surface area contributed by atoms with E-state index in [2.05, 4.69) is 16.2 Å². The second-order valence-electron chi connectivity index (χ2n) is 5.45. The van der Waals surface area contributed by atoms with Crippen molar-refractivity contribution in [1.29, 1.82) is 0 Å². The maximum Gasteiger partial charge on any atom is 0.248 e. The predicted octanol–water partition coefficient (Wildman–Crippen LogP) is 2.03. The number of carbonyl (C=O) groups excluding carboxylic acids is 3. The first-order valence-corrected chi connectivity index (χ1v) is 9.03. The number of anilines is 1. The molecule has 0 radical (unpaired) electrons. The van der Waals surface area contributed by atoms with Gasteiger partial charge in [0.05, 0.1) is 17.9 Å². The van der Waals surface area contributed by atoms with Crippen LogP contribution >= 0.6 is 11.8 Å². The zero-order chi connectivity index (χ0) is 19.6. The number of hydrazine groups is 1. The molecule has 9 heteroatoms. The molecule has 3 amide bonds. The second-order valence-corrected chi connectivity index (χ2v) is 6.43. The molecular weight excluding hydrogens is 376 g/mol. The molecule has 27 heavy (non-hydrogen) atoms. The topological polar surface area (TPSA) is 87.3 Å². The highest BCUT2D eigenvalue weighted by molar-refractivity contribution is 8.00. The van der Waals surface area contributed by atoms with Crippen LogP contribution in [0.5, 0.6) is 0 Å². The first kappa shape index (κ1) is 20.4. The minimum absolute atomic E-state index is 0.00617. The Kier molecular flexibility index (Phi) is 7.75. The number of rotatable bonds is 7. The van der Waals surface area contributed by atoms with E-state index < -0.39 is 23.4 Å². The summed E-state index contributed by atoms with van der Waals surface area (Å²) >= 11 is 1.06. The van der Waals surface area contributed by atoms with Crippen LogP contribution in [-0.4, -0.2) is 29.2 Å². The number of nitrogens with one attached hydrogen (secondary N) is 3. The van der Waals surface area contributed by atoms with Crippen LogP contribution in [0.15, 0.2) is 48.5 Å². The monoisotopic (exact) mass is 393 g/mol. The van der Waals surface area contributed by atoms with Crippen LogP contribution < -0.4 is 16.2 Å². The number of benzene rings is 2. The third kappa shape index (κ3) is 7.87. The Morgan fingerprint density at radius 2 is 1.26 bits per heavy atom. The van der Waals surface area contributed by atoms with Crippen molar-refractivity contribution in [2.24, 2.45) is 0 Å². The Bertz CT molecular complexity index is 799. The van der Waals surface area contributed by atoms with Crippen molar-refractivity contribution in [3.8, 4) is 0 Å². The summed E-state index contributed by atoms with van der Waals surface area (Å²) in [5.41, 5.74) is 5.55. The van der Waals surface area contributed by atoms with Crippen molar-refractivity contribution in [2.75, 3.05) is 16.8 Å². The molecule has 3 N–H and O–H groups in total. The minimum Gasteiger partial charge on any atom is -0.325 e. The van der Waals surface area contributed by atoms with Crippen LogP contribution in [0.25, 0.3) is 0 Å². The van der Waals surface area contributed by atoms with Crippen LogP contribution in [0.2, 0.25) is 0 Å². The lowest BCUT2D eigenvalue weighted by atomic mass is 10.1. The molecule has 0 aromatic heterocycles. The van der Waals surface area contributed by atoms with Crippen molar-refractivity contribution >= 4 is 35.2 Å². The van der Waals surface area contributed by atoms with Crippen LogP contribution in [0.1, 0.15) is 5.56 Å². The van der Waals surface area contributed by atoms with Gasteiger partial charge in [0, 0.05) is 5.69 Å². The number of thioether (sulfide) groups is 1. The van der Waals surface area contributed by atoms with Crippen LogP contribution in [0.4, 0.5) is 14.5 Å². The molecule has 0 aliphatic rings. The minimum atomic E-state index is -0.470. The van der Waals surface area contributed by atoms with Crippen molar-refractivity contribution < 1.29 is 23.2 Å². The largest absolute Gasteiger partial charge is 0.325 e. The summed E-state index contributed by atoms with van der Waals surface area (Å²) < 4.78 is 25.6. The molecule has 0 atom stereocenters. The fourth-order valence-corrected chi connectivity index (χ4v) is 2.59. The molecule has 0 saturated carbocycles. The zero-order valence-corrected chi connectivity index (χ0v) is 14.9. The Hall–Kier alpha value is -2.94. The average molecular weight is 393 g/mol. The van der Waals surface area contributed by atoms with Gasteiger partial charge in [0.25, 0.3) is 0 Å². The number of halogens is 2. The molecule has 2 aromatic carbocycles. The van der Waals surface area contributed by atoms with Gasteiger partial charge in [-0.2, -0.15) is 0 Å². The van der Waals surface area contributed by atoms with E-state index in [1.165, 1.54) is 48.5 Å². The van der Waals surface area contributed by atoms with Crippen LogP contribution in [-0.2, 0) is 20.8 Å². The Morgan fingerprint density at radius 3 is 1.89 bits per heavy atom. The molecular formula is C18H17F2N3O3S. The Balaban J connectivity index is 1.61. The van der Waals surface area contributed by atoms with Gasteiger partial charge < -0.3 is 5.32 Å². The van der Waals surface area contributed by atoms with Gasteiger partial charge in [0.1, 0.15) is 11.6 Å². The average Bonchev–Trinajstić information content (AvgIpc) is 2.64. The second kappa shape index (κ2) is 10.3. The lowest BCUT2D eigenvalue weighted by Gasteiger charge is -2.08. The first-order chi connectivity index (χ1) is 12.9. The summed E-state index contributed by atoms with van der Waals surface area (Å²) in [5, 5.41) is 2.57. The third-order valence-corrected chi connectivity index (χ3v) is 4.15. The predicted molar refractivity (Wildman–Crippen MR) is 98.7 cm³/mol. The van der Waals surface area contributed by atoms with Gasteiger partial charge in [-0.25, -0.2) is 8.78 Å². The van der Waals surface area contributed by atoms with Gasteiger partial charge in [-0.05, 0) is 42.0 Å². The number of amides is 3. The van der Waals surface area contributed by atoms with Gasteiger partial charge in [0.15, 0.2) is 0 Å². The Labute approximate surface area is 158 Å². The third-order valence-electron chi connectivity index (χ3n) is 3.21. The highest BCUT2D eigenvalue weighted by atomic mass is 32.2. The molecule has 2 aromatic rings. The standard InChI is InChI=1S/C18H17F2N3O3S/c19-13-3-1-12(2-4-13)9-16(24)22-23-18(26)11-27-10-17(25)21-15-7-5-14(20)6-8-15/h1-8H,9-11H2,(H,21,25)(H,22,24)(H,23,26). The van der Waals surface area contributed by atoms with E-state index >= 15 is 0 Å². The highest BCUT2D eigenvalue weighted by Crippen LogP contribution is 2.09. The summed E-state index contributed by atoms with van der Waals surface area (Å²) in [4.78, 5) is 35.1. The summed E-state index contributed by atoms with van der Waals surface area (Å²) in [7, 11) is 0. The summed E-state index contributed by atoms with van der Waals surface area (Å²) in [6.45, 7) is 0. The van der Waals surface area contributed by atoms with Gasteiger partial charge in [-0.15, -0.1) is 11.8 Å². The summed E-state index contributed by atoms with van der Waals surface area (Å²) in [6.07, 6.45) is -0.00617. The Morgan fingerprint density at radius 1 is 0.741 bits per heavy atom. The molecule has 6 nitrogen and oxygen atoms in total. The summed E-state index contributed by atoms with van der Waals surface area (Å²) in [6, 6.07) is 10.8. The smallest absolute Gasteiger partial charge is 0.248 e. The van der Waals surface area contributed by atoms with E-state index in [1.807, 2.05) is 0 Å². The number of carbonyl (C=O) groups is 3. The van der Waals surface area contributed by atoms with Crippen LogP contribution in [0, 0.1) is 11.6 Å². The van der Waals surface area contributed by atoms with E-state index in [1.54, 1.807) is 0 Å². The van der Waals surface area contributed by atoms with Gasteiger partial charge in [0.2, 0.25) is 17.7 Å². The molecule has 0 spiro atoms. The van der Waals surface area contributed by atoms with E-state index in [-0.39, 0.29) is 23.8 Å². The van der Waals surface area contributed by atoms with Gasteiger partial charge in [-0.1, -0.05) is 12.1 Å². The quantitative estimate of drug-likeness (QED) is 0.628. The highest BCUT2D eigenvalue weighted by Gasteiger charge is 2.08. The normalized spacial score (nSPS) is 10.1. The molecule has 2 rings (SSSR count). The molecule has 0 unspecified atom stereocenters. The SMILES string of the molecule is O=C(CSCC(=O)Nc1ccc(F)cc1)NNC(=O)Cc1ccc(F)cc1. The van der Waals surface area contributed by atoms with E-state index in [0.717, 1.165) is 11.8 Å². The lowest BCUT2D eigenvalue weighted by Crippen LogP contribution is -2.43. The number of hydrogen-bond donors (Lipinski definition) is 3. The zero-order valence-electron chi connectivity index (χ0n) is 14.1. The fraction of sp³-hybridized carbons (Fsp3) is 0.167. The molecule has 0 bridgehead atoms. The van der Waals surface area contributed by atoms with E-state index in [9.17, 15) is 23.2 Å². The van der Waals surface area contributed by atoms with Crippen molar-refractivity contribution in [3.63, 3.8) is 0 Å². The maximum absolute atomic E-state index is 12.8. The number of hydrogen-bond acceptors (Lipinski definition) is 4. The molecule has 0 aliphatic heterocycles. The molecule has 0 heterocycles. The lowest BCUT2D eigenvalue weighted by molar-refractivity contribution is -0.127. The van der Waals surface area contributed by atoms with Crippen molar-refractivity contribution in [2.45, 2.75) is 6.42 Å². The van der Waals surface area contributed by atoms with Gasteiger partial charge >= 0.3 is 0 Å². The van der Waals surface area contributed by atoms with Gasteiger partial charge in [-0.3, -0.25) is 25.2 Å². The molecule has 0 fully saturated rings. The molecule has 0 saturated heterocycles. The van der Waals surface area contributed by atoms with Crippen molar-refractivity contribution in [1.82, 2.24) is 10.9 Å². The molecule has 142 valence electrons. The van der Waals surface area contributed by atoms with Crippen molar-refractivity contribution in [3.05, 3.63) is 65.7 Å². The van der Waals surface area contributed by atoms with E-state index in [0.29, 0.717) is 11.3 Å².